The fourth-order valence-electron chi connectivity index (χ4n) is 1.52. The molecule has 0 unspecified atom stereocenters. The van der Waals surface area contributed by atoms with E-state index in [1.807, 2.05) is 0 Å². The Morgan fingerprint density at radius 1 is 1.22 bits per heavy atom. The molecular weight excluding hydrogens is 334 g/mol. The van der Waals surface area contributed by atoms with Gasteiger partial charge < -0.3 is 0 Å². The molecule has 3 nitrogen and oxygen atoms in total. The number of nitrogens with one attached hydrogen (secondary N) is 1. The van der Waals surface area contributed by atoms with Gasteiger partial charge in [0.2, 0.25) is 0 Å². The largest absolute Gasteiger partial charge is 0.501 e. The second kappa shape index (κ2) is 4.99. The molecule has 1 aromatic carbocycles. The van der Waals surface area contributed by atoms with Crippen LogP contribution in [0.1, 0.15) is 5.56 Å². The second-order valence-electron chi connectivity index (χ2n) is 3.54. The molecule has 1 aromatic rings. The molecule has 18 heavy (non-hydrogen) atoms. The summed E-state index contributed by atoms with van der Waals surface area (Å²) in [6.45, 7) is 0.0334. The lowest BCUT2D eigenvalue weighted by Gasteiger charge is -2.30. The zero-order chi connectivity index (χ0) is 13.3. The summed E-state index contributed by atoms with van der Waals surface area (Å²) in [5.41, 5.74) is 3.24. The Morgan fingerprint density at radius 3 is 2.39 bits per heavy atom. The van der Waals surface area contributed by atoms with Crippen molar-refractivity contribution in [1.29, 1.82) is 0 Å². The van der Waals surface area contributed by atoms with E-state index in [1.165, 1.54) is 0 Å². The van der Waals surface area contributed by atoms with Crippen LogP contribution in [0.3, 0.4) is 0 Å². The van der Waals surface area contributed by atoms with Crippen molar-refractivity contribution in [2.75, 3.05) is 0 Å². The van der Waals surface area contributed by atoms with Crippen LogP contribution in [0.25, 0.3) is 0 Å². The Morgan fingerprint density at radius 2 is 1.83 bits per heavy atom. The lowest BCUT2D eigenvalue weighted by molar-refractivity contribution is -0.298. The van der Waals surface area contributed by atoms with Gasteiger partial charge in [0, 0.05) is 0 Å². The van der Waals surface area contributed by atoms with Crippen molar-refractivity contribution in [2.24, 2.45) is 0 Å². The molecule has 1 aliphatic rings. The van der Waals surface area contributed by atoms with Crippen LogP contribution in [-0.4, -0.2) is 16.4 Å². The molecule has 0 aromatic heterocycles. The topological polar surface area (TPSA) is 18.5 Å². The molecular formula is C10H8BrClF3N3. The first-order valence-electron chi connectivity index (χ1n) is 4.90. The van der Waals surface area contributed by atoms with E-state index in [0.717, 1.165) is 10.7 Å². The van der Waals surface area contributed by atoms with E-state index in [2.05, 4.69) is 21.4 Å². The molecule has 0 spiro atoms. The molecule has 1 heterocycles. The molecule has 0 atom stereocenters. The van der Waals surface area contributed by atoms with Crippen LogP contribution in [-0.2, 0) is 6.54 Å². The van der Waals surface area contributed by atoms with Gasteiger partial charge >= 0.3 is 6.30 Å². The van der Waals surface area contributed by atoms with Crippen molar-refractivity contribution in [3.63, 3.8) is 0 Å². The summed E-state index contributed by atoms with van der Waals surface area (Å²) in [5, 5.41) is 0.492. The summed E-state index contributed by atoms with van der Waals surface area (Å²) < 4.78 is 38.6. The molecule has 1 aliphatic heterocycles. The number of rotatable bonds is 2. The Balaban J connectivity index is 2.20. The maximum atomic E-state index is 12.8. The van der Waals surface area contributed by atoms with Crippen LogP contribution >= 0.6 is 27.5 Å². The minimum absolute atomic E-state index is 0.0334. The molecule has 0 saturated carbocycles. The minimum atomic E-state index is -4.59. The summed E-state index contributed by atoms with van der Waals surface area (Å²) in [5.74, 6) is 0. The van der Waals surface area contributed by atoms with Crippen molar-refractivity contribution < 1.29 is 13.2 Å². The number of hydrogen-bond acceptors (Lipinski definition) is 3. The van der Waals surface area contributed by atoms with Crippen LogP contribution in [0.2, 0.25) is 0 Å². The molecule has 0 fully saturated rings. The van der Waals surface area contributed by atoms with E-state index in [4.69, 9.17) is 11.6 Å². The number of benzene rings is 1. The van der Waals surface area contributed by atoms with E-state index < -0.39 is 11.5 Å². The van der Waals surface area contributed by atoms with E-state index in [9.17, 15) is 13.2 Å². The lowest BCUT2D eigenvalue weighted by atomic mass is 10.2. The van der Waals surface area contributed by atoms with Crippen molar-refractivity contribution in [3.05, 3.63) is 45.7 Å². The fraction of sp³-hybridized carbons (Fsp3) is 0.200. The molecule has 1 N–H and O–H groups in total. The Bertz CT molecular complexity index is 463. The number of nitrogens with zero attached hydrogens (tertiary/aromatic N) is 2. The first-order chi connectivity index (χ1) is 8.39. The monoisotopic (exact) mass is 341 g/mol. The molecule has 0 radical (unpaired) electrons. The Hall–Kier alpha value is -0.920. The van der Waals surface area contributed by atoms with Crippen LogP contribution in [0, 0.1) is 0 Å². The highest BCUT2D eigenvalue weighted by Gasteiger charge is 2.47. The molecule has 98 valence electrons. The predicted molar refractivity (Wildman–Crippen MR) is 64.8 cm³/mol. The third-order valence-corrected chi connectivity index (χ3v) is 3.38. The SMILES string of the molecule is FC(F)(F)N1C(Cl)=C(Br)NN1Cc1ccccc1. The van der Waals surface area contributed by atoms with Crippen molar-refractivity contribution >= 4 is 27.5 Å². The van der Waals surface area contributed by atoms with Gasteiger partial charge in [-0.05, 0) is 21.5 Å². The third-order valence-electron chi connectivity index (χ3n) is 2.25. The predicted octanol–water partition coefficient (Wildman–Crippen LogP) is 3.50. The van der Waals surface area contributed by atoms with Gasteiger partial charge in [-0.15, -0.1) is 18.3 Å². The van der Waals surface area contributed by atoms with E-state index in [-0.39, 0.29) is 16.2 Å². The molecule has 0 amide bonds. The highest BCUT2D eigenvalue weighted by Crippen LogP contribution is 2.36. The first-order valence-corrected chi connectivity index (χ1v) is 6.07. The third kappa shape index (κ3) is 2.73. The van der Waals surface area contributed by atoms with E-state index in [1.54, 1.807) is 30.3 Å². The lowest BCUT2D eigenvalue weighted by Crippen LogP contribution is -2.49. The van der Waals surface area contributed by atoms with Crippen molar-refractivity contribution in [1.82, 2.24) is 15.6 Å². The molecule has 2 rings (SSSR count). The number of hydrogen-bond donors (Lipinski definition) is 1. The molecule has 0 aliphatic carbocycles. The average molecular weight is 343 g/mol. The van der Waals surface area contributed by atoms with Gasteiger partial charge in [-0.25, -0.2) is 0 Å². The molecule has 0 saturated heterocycles. The Kier molecular flexibility index (Phi) is 3.74. The standard InChI is InChI=1S/C10H8BrClF3N3/c11-8-9(12)18(10(13,14)15)17(16-8)6-7-4-2-1-3-5-7/h1-5,16H,6H2. The summed E-state index contributed by atoms with van der Waals surface area (Å²) in [6.07, 6.45) is -4.59. The van der Waals surface area contributed by atoms with Gasteiger partial charge in [0.05, 0.1) is 6.54 Å². The number of halogens is 5. The van der Waals surface area contributed by atoms with Gasteiger partial charge in [-0.2, -0.15) is 5.01 Å². The normalized spacial score (nSPS) is 17.3. The van der Waals surface area contributed by atoms with Gasteiger partial charge in [-0.3, -0.25) is 5.43 Å². The second-order valence-corrected chi connectivity index (χ2v) is 4.69. The van der Waals surface area contributed by atoms with Crippen LogP contribution < -0.4 is 5.43 Å². The first kappa shape index (κ1) is 13.5. The fourth-order valence-corrected chi connectivity index (χ4v) is 2.13. The minimum Gasteiger partial charge on any atom is -0.292 e. The quantitative estimate of drug-likeness (QED) is 0.830. The summed E-state index contributed by atoms with van der Waals surface area (Å²) in [7, 11) is 0. The highest BCUT2D eigenvalue weighted by atomic mass is 79.9. The summed E-state index contributed by atoms with van der Waals surface area (Å²) >= 11 is 8.55. The zero-order valence-electron chi connectivity index (χ0n) is 8.88. The maximum absolute atomic E-state index is 12.8. The van der Waals surface area contributed by atoms with Gasteiger partial charge in [-0.1, -0.05) is 41.9 Å². The zero-order valence-corrected chi connectivity index (χ0v) is 11.2. The highest BCUT2D eigenvalue weighted by molar-refractivity contribution is 9.11. The van der Waals surface area contributed by atoms with Crippen molar-refractivity contribution in [3.8, 4) is 0 Å². The summed E-state index contributed by atoms with van der Waals surface area (Å²) in [6, 6.07) is 8.77. The van der Waals surface area contributed by atoms with Gasteiger partial charge in [0.15, 0.2) is 5.16 Å². The number of alkyl halides is 3. The van der Waals surface area contributed by atoms with E-state index in [0.29, 0.717) is 0 Å². The maximum Gasteiger partial charge on any atom is 0.501 e. The van der Waals surface area contributed by atoms with Gasteiger partial charge in [0.25, 0.3) is 0 Å². The van der Waals surface area contributed by atoms with Crippen molar-refractivity contribution in [2.45, 2.75) is 12.8 Å². The van der Waals surface area contributed by atoms with Gasteiger partial charge in [0.1, 0.15) is 4.61 Å². The Labute approximate surface area is 115 Å². The van der Waals surface area contributed by atoms with Crippen LogP contribution in [0.4, 0.5) is 13.2 Å². The smallest absolute Gasteiger partial charge is 0.292 e. The molecule has 8 heteroatoms. The number of hydrazine groups is 2. The van der Waals surface area contributed by atoms with E-state index >= 15 is 0 Å². The average Bonchev–Trinajstić information content (AvgIpc) is 2.55. The van der Waals surface area contributed by atoms with Crippen LogP contribution in [0.15, 0.2) is 40.1 Å². The van der Waals surface area contributed by atoms with Crippen LogP contribution in [0.5, 0.6) is 0 Å². The summed E-state index contributed by atoms with van der Waals surface area (Å²) in [4.78, 5) is 0. The molecule has 0 bridgehead atoms.